The van der Waals surface area contributed by atoms with E-state index in [4.69, 9.17) is 9.72 Å². The van der Waals surface area contributed by atoms with Gasteiger partial charge in [-0.05, 0) is 53.6 Å². The van der Waals surface area contributed by atoms with Gasteiger partial charge in [-0.25, -0.2) is 4.79 Å². The fraction of sp³-hybridized carbons (Fsp3) is 0.433. The molecule has 9 heteroatoms. The Morgan fingerprint density at radius 1 is 1.13 bits per heavy atom. The zero-order valence-corrected chi connectivity index (χ0v) is 23.2. The molecule has 2 aromatic heterocycles. The van der Waals surface area contributed by atoms with Crippen LogP contribution in [0.25, 0.3) is 22.4 Å². The third-order valence-corrected chi connectivity index (χ3v) is 9.20. The van der Waals surface area contributed by atoms with Crippen molar-refractivity contribution in [1.29, 1.82) is 0 Å². The number of carbonyl (C=O) groups is 2. The van der Waals surface area contributed by atoms with Gasteiger partial charge in [-0.2, -0.15) is 0 Å². The molecule has 2 saturated heterocycles. The van der Waals surface area contributed by atoms with Crippen LogP contribution < -0.4 is 10.2 Å². The molecule has 2 N–H and O–H groups in total. The Labute approximate surface area is 232 Å². The lowest BCUT2D eigenvalue weighted by Crippen LogP contribution is -2.36. The van der Waals surface area contributed by atoms with Crippen LogP contribution in [-0.4, -0.2) is 72.3 Å². The van der Waals surface area contributed by atoms with E-state index in [0.717, 1.165) is 63.9 Å². The lowest BCUT2D eigenvalue weighted by atomic mass is 9.75. The van der Waals surface area contributed by atoms with E-state index in [1.54, 1.807) is 11.3 Å². The summed E-state index contributed by atoms with van der Waals surface area (Å²) in [6.45, 7) is 8.40. The van der Waals surface area contributed by atoms with Gasteiger partial charge in [0, 0.05) is 61.7 Å². The highest BCUT2D eigenvalue weighted by molar-refractivity contribution is 7.19. The van der Waals surface area contributed by atoms with E-state index >= 15 is 0 Å². The van der Waals surface area contributed by atoms with Crippen LogP contribution in [0.1, 0.15) is 41.9 Å². The summed E-state index contributed by atoms with van der Waals surface area (Å²) >= 11 is 1.64. The van der Waals surface area contributed by atoms with Gasteiger partial charge >= 0.3 is 6.09 Å². The van der Waals surface area contributed by atoms with Crippen molar-refractivity contribution >= 4 is 33.9 Å². The number of morpholine rings is 1. The number of ether oxygens (including phenoxy) is 1. The van der Waals surface area contributed by atoms with Crippen LogP contribution in [0.2, 0.25) is 0 Å². The lowest BCUT2D eigenvalue weighted by molar-refractivity contribution is 0.0917. The van der Waals surface area contributed by atoms with Crippen LogP contribution >= 0.6 is 11.3 Å². The van der Waals surface area contributed by atoms with Gasteiger partial charge in [0.2, 0.25) is 0 Å². The van der Waals surface area contributed by atoms with Crippen molar-refractivity contribution in [2.24, 2.45) is 5.41 Å². The largest absolute Gasteiger partial charge is 0.465 e. The van der Waals surface area contributed by atoms with Crippen LogP contribution in [0.4, 0.5) is 15.5 Å². The molecule has 8 nitrogen and oxygen atoms in total. The van der Waals surface area contributed by atoms with Crippen LogP contribution in [-0.2, 0) is 11.2 Å². The van der Waals surface area contributed by atoms with Crippen LogP contribution in [0, 0.1) is 5.41 Å². The zero-order valence-electron chi connectivity index (χ0n) is 22.4. The maximum atomic E-state index is 13.2. The maximum absolute atomic E-state index is 13.2. The Morgan fingerprint density at radius 3 is 2.72 bits per heavy atom. The van der Waals surface area contributed by atoms with Crippen molar-refractivity contribution in [2.75, 3.05) is 49.6 Å². The van der Waals surface area contributed by atoms with Crippen molar-refractivity contribution in [2.45, 2.75) is 39.2 Å². The molecule has 2 aliphatic heterocycles. The molecule has 0 saturated carbocycles. The molecular formula is C30H34N4O4S. The van der Waals surface area contributed by atoms with Gasteiger partial charge in [0.1, 0.15) is 0 Å². The molecule has 39 heavy (non-hydrogen) atoms. The Kier molecular flexibility index (Phi) is 6.81. The number of fused-ring (bicyclic) bond motifs is 1. The molecule has 0 bridgehead atoms. The molecule has 1 atom stereocenters. The van der Waals surface area contributed by atoms with E-state index in [9.17, 15) is 14.7 Å². The van der Waals surface area contributed by atoms with E-state index in [1.807, 2.05) is 24.4 Å². The number of likely N-dealkylation sites (tertiary alicyclic amines) is 1. The summed E-state index contributed by atoms with van der Waals surface area (Å²) in [5.74, 6) is 0.244. The van der Waals surface area contributed by atoms with Crippen molar-refractivity contribution in [3.63, 3.8) is 0 Å². The molecular weight excluding hydrogens is 512 g/mol. The Hall–Kier alpha value is -3.43. The van der Waals surface area contributed by atoms with Crippen molar-refractivity contribution < 1.29 is 19.4 Å². The first-order chi connectivity index (χ1) is 18.8. The zero-order chi connectivity index (χ0) is 27.1. The lowest BCUT2D eigenvalue weighted by Gasteiger charge is -2.30. The first-order valence-corrected chi connectivity index (χ1v) is 14.4. The third-order valence-electron chi connectivity index (χ3n) is 7.87. The van der Waals surface area contributed by atoms with E-state index in [-0.39, 0.29) is 17.2 Å². The molecule has 0 spiro atoms. The third kappa shape index (κ3) is 5.25. The number of thiophene rings is 1. The number of nitrogens with one attached hydrogen (secondary N) is 1. The second-order valence-electron chi connectivity index (χ2n) is 11.5. The summed E-state index contributed by atoms with van der Waals surface area (Å²) < 4.78 is 5.62. The monoisotopic (exact) mass is 546 g/mol. The minimum atomic E-state index is -0.869. The molecule has 6 rings (SSSR count). The number of benzene rings is 1. The van der Waals surface area contributed by atoms with Crippen molar-refractivity contribution in [3.05, 3.63) is 53.0 Å². The van der Waals surface area contributed by atoms with E-state index in [0.29, 0.717) is 32.7 Å². The average molecular weight is 547 g/mol. The molecule has 1 amide bonds. The Balaban J connectivity index is 1.35. The number of rotatable bonds is 5. The quantitative estimate of drug-likeness (QED) is 0.428. The van der Waals surface area contributed by atoms with Gasteiger partial charge in [-0.3, -0.25) is 9.78 Å². The van der Waals surface area contributed by atoms with Gasteiger partial charge in [-0.15, -0.1) is 11.3 Å². The second-order valence-corrected chi connectivity index (χ2v) is 12.5. The molecule has 1 aliphatic carbocycles. The van der Waals surface area contributed by atoms with Gasteiger partial charge in [0.15, 0.2) is 5.78 Å². The minimum Gasteiger partial charge on any atom is -0.465 e. The van der Waals surface area contributed by atoms with Crippen LogP contribution in [0.3, 0.4) is 0 Å². The van der Waals surface area contributed by atoms with Gasteiger partial charge in [0.05, 0.1) is 28.8 Å². The standard InChI is InChI=1S/C30H34N4O4S/c1-30(2)16-23-26(28(33-10-12-38-13-11-33)39-27(23)25(35)17-30)20-6-8-31-24(15-20)19-4-3-5-21(14-19)32-22-7-9-34(18-22)29(36)37/h3-6,8,14-15,22,32H,7,9-13,16-18H2,1-2H3,(H,36,37). The molecule has 204 valence electrons. The summed E-state index contributed by atoms with van der Waals surface area (Å²) in [6.07, 6.45) is 3.22. The SMILES string of the molecule is CC1(C)CC(=O)c2sc(N3CCOCC3)c(-c3ccnc(-c4cccc(NC5CCN(C(=O)O)C5)c4)c3)c2C1. The summed E-state index contributed by atoms with van der Waals surface area (Å²) in [7, 11) is 0. The number of anilines is 2. The normalized spacial score (nSPS) is 20.7. The number of carbonyl (C=O) groups excluding carboxylic acids is 1. The number of hydrogen-bond acceptors (Lipinski definition) is 7. The van der Waals surface area contributed by atoms with Gasteiger partial charge in [0.25, 0.3) is 0 Å². The fourth-order valence-corrected chi connectivity index (χ4v) is 7.32. The summed E-state index contributed by atoms with van der Waals surface area (Å²) in [6, 6.07) is 12.4. The average Bonchev–Trinajstić information content (AvgIpc) is 3.54. The smallest absolute Gasteiger partial charge is 0.407 e. The predicted octanol–water partition coefficient (Wildman–Crippen LogP) is 5.63. The first-order valence-electron chi connectivity index (χ1n) is 13.6. The number of nitrogens with zero attached hydrogens (tertiary/aromatic N) is 3. The number of amides is 1. The van der Waals surface area contributed by atoms with Crippen LogP contribution in [0.15, 0.2) is 42.6 Å². The van der Waals surface area contributed by atoms with Gasteiger partial charge < -0.3 is 25.0 Å². The molecule has 3 aliphatic rings. The minimum absolute atomic E-state index is 0.0749. The maximum Gasteiger partial charge on any atom is 0.407 e. The Bertz CT molecular complexity index is 1410. The highest BCUT2D eigenvalue weighted by atomic mass is 32.1. The summed E-state index contributed by atoms with van der Waals surface area (Å²) in [5, 5.41) is 13.9. The molecule has 2 fully saturated rings. The van der Waals surface area contributed by atoms with Crippen LogP contribution in [0.5, 0.6) is 0 Å². The van der Waals surface area contributed by atoms with E-state index in [1.165, 1.54) is 10.5 Å². The topological polar surface area (TPSA) is 95.0 Å². The van der Waals surface area contributed by atoms with E-state index < -0.39 is 6.09 Å². The fourth-order valence-electron chi connectivity index (χ4n) is 5.99. The molecule has 4 heterocycles. The Morgan fingerprint density at radius 2 is 1.95 bits per heavy atom. The van der Waals surface area contributed by atoms with Crippen molar-refractivity contribution in [1.82, 2.24) is 9.88 Å². The number of hydrogen-bond donors (Lipinski definition) is 2. The molecule has 1 unspecified atom stereocenters. The molecule has 1 aromatic carbocycles. The summed E-state index contributed by atoms with van der Waals surface area (Å²) in [4.78, 5) is 34.0. The number of ketones is 1. The molecule has 3 aromatic rings. The first kappa shape index (κ1) is 25.8. The highest BCUT2D eigenvalue weighted by Gasteiger charge is 2.37. The van der Waals surface area contributed by atoms with Crippen molar-refractivity contribution in [3.8, 4) is 22.4 Å². The number of aromatic nitrogens is 1. The number of pyridine rings is 1. The summed E-state index contributed by atoms with van der Waals surface area (Å²) in [5.41, 5.74) is 6.14. The second kappa shape index (κ2) is 10.3. The predicted molar refractivity (Wildman–Crippen MR) is 154 cm³/mol. The highest BCUT2D eigenvalue weighted by Crippen LogP contribution is 2.49. The number of carboxylic acid groups (broad SMARTS) is 1. The molecule has 0 radical (unpaired) electrons. The van der Waals surface area contributed by atoms with Gasteiger partial charge in [-0.1, -0.05) is 26.0 Å². The van der Waals surface area contributed by atoms with E-state index in [2.05, 4.69) is 42.3 Å². The number of Topliss-reactive ketones (excluding diaryl/α,β-unsaturated/α-hetero) is 1.